The fraction of sp³-hybridized carbons (Fsp3) is 0.429. The summed E-state index contributed by atoms with van der Waals surface area (Å²) < 4.78 is 3.21. The largest absolute Gasteiger partial charge is 0.352 e. The van der Waals surface area contributed by atoms with Gasteiger partial charge in [-0.05, 0) is 24.6 Å². The van der Waals surface area contributed by atoms with Gasteiger partial charge in [-0.25, -0.2) is 4.98 Å². The Labute approximate surface area is 130 Å². The van der Waals surface area contributed by atoms with Gasteiger partial charge in [0.1, 0.15) is 5.82 Å². The fourth-order valence-electron chi connectivity index (χ4n) is 2.66. The van der Waals surface area contributed by atoms with Gasteiger partial charge in [-0.3, -0.25) is 4.79 Å². The molecule has 1 aromatic carbocycles. The standard InChI is InChI=1S/C14H15BrClN3O/c15-9-1-3-11-12(7-9)19(13(18-11)5-6-16)8-10-2-4-14(20)17-10/h1,3,7,10H,2,4-6,8H2,(H,17,20). The van der Waals surface area contributed by atoms with Crippen LogP contribution in [0.1, 0.15) is 18.7 Å². The number of nitrogens with one attached hydrogen (secondary N) is 1. The van der Waals surface area contributed by atoms with Crippen molar-refractivity contribution in [2.24, 2.45) is 0 Å². The number of hydrogen-bond donors (Lipinski definition) is 1. The van der Waals surface area contributed by atoms with Gasteiger partial charge in [-0.2, -0.15) is 0 Å². The summed E-state index contributed by atoms with van der Waals surface area (Å²) >= 11 is 9.37. The third-order valence-electron chi connectivity index (χ3n) is 3.60. The minimum absolute atomic E-state index is 0.138. The maximum atomic E-state index is 11.3. The number of alkyl halides is 1. The second kappa shape index (κ2) is 5.74. The summed E-state index contributed by atoms with van der Waals surface area (Å²) in [7, 11) is 0. The van der Waals surface area contributed by atoms with Crippen molar-refractivity contribution in [2.45, 2.75) is 31.8 Å². The van der Waals surface area contributed by atoms with E-state index in [9.17, 15) is 4.79 Å². The van der Waals surface area contributed by atoms with E-state index >= 15 is 0 Å². The van der Waals surface area contributed by atoms with Crippen LogP contribution in [0.4, 0.5) is 0 Å². The molecule has 1 fully saturated rings. The molecule has 1 N–H and O–H groups in total. The average molecular weight is 357 g/mol. The van der Waals surface area contributed by atoms with Crippen molar-refractivity contribution in [3.8, 4) is 0 Å². The monoisotopic (exact) mass is 355 g/mol. The summed E-state index contributed by atoms with van der Waals surface area (Å²) in [5.74, 6) is 1.66. The second-order valence-electron chi connectivity index (χ2n) is 5.01. The molecular formula is C14H15BrClN3O. The number of rotatable bonds is 4. The van der Waals surface area contributed by atoms with Crippen molar-refractivity contribution < 1.29 is 4.79 Å². The molecule has 1 aromatic heterocycles. The molecule has 20 heavy (non-hydrogen) atoms. The van der Waals surface area contributed by atoms with E-state index in [4.69, 9.17) is 11.6 Å². The number of fused-ring (bicyclic) bond motifs is 1. The number of aryl methyl sites for hydroxylation is 1. The fourth-order valence-corrected chi connectivity index (χ4v) is 3.18. The quantitative estimate of drug-likeness (QED) is 0.856. The van der Waals surface area contributed by atoms with Crippen LogP contribution >= 0.6 is 27.5 Å². The van der Waals surface area contributed by atoms with Gasteiger partial charge in [-0.1, -0.05) is 15.9 Å². The highest BCUT2D eigenvalue weighted by Crippen LogP contribution is 2.23. The lowest BCUT2D eigenvalue weighted by molar-refractivity contribution is -0.119. The number of benzene rings is 1. The van der Waals surface area contributed by atoms with Gasteiger partial charge in [0, 0.05) is 35.8 Å². The number of carbonyl (C=O) groups excluding carboxylic acids is 1. The molecule has 0 radical (unpaired) electrons. The van der Waals surface area contributed by atoms with Crippen LogP contribution < -0.4 is 5.32 Å². The molecule has 1 saturated heterocycles. The lowest BCUT2D eigenvalue weighted by Gasteiger charge is -2.14. The topological polar surface area (TPSA) is 46.9 Å². The highest BCUT2D eigenvalue weighted by Gasteiger charge is 2.23. The molecule has 0 saturated carbocycles. The van der Waals surface area contributed by atoms with E-state index < -0.39 is 0 Å². The highest BCUT2D eigenvalue weighted by atomic mass is 79.9. The predicted octanol–water partition coefficient (Wildman–Crippen LogP) is 2.86. The molecule has 1 amide bonds. The predicted molar refractivity (Wildman–Crippen MR) is 83.0 cm³/mol. The molecule has 4 nitrogen and oxygen atoms in total. The van der Waals surface area contributed by atoms with Crippen LogP contribution in [-0.4, -0.2) is 27.4 Å². The SMILES string of the molecule is O=C1CCC(Cn2c(CCCl)nc3ccc(Br)cc32)N1. The van der Waals surface area contributed by atoms with E-state index in [0.717, 1.165) is 40.7 Å². The Kier molecular flexibility index (Phi) is 3.98. The van der Waals surface area contributed by atoms with Gasteiger partial charge in [0.25, 0.3) is 0 Å². The van der Waals surface area contributed by atoms with E-state index in [-0.39, 0.29) is 11.9 Å². The third kappa shape index (κ3) is 2.69. The van der Waals surface area contributed by atoms with Crippen molar-refractivity contribution in [1.29, 1.82) is 0 Å². The Bertz CT molecular complexity index is 655. The first-order valence-electron chi connectivity index (χ1n) is 6.67. The van der Waals surface area contributed by atoms with Crippen LogP contribution in [-0.2, 0) is 17.8 Å². The van der Waals surface area contributed by atoms with Crippen LogP contribution in [0.15, 0.2) is 22.7 Å². The highest BCUT2D eigenvalue weighted by molar-refractivity contribution is 9.10. The normalized spacial score (nSPS) is 18.7. The number of nitrogens with zero attached hydrogens (tertiary/aromatic N) is 2. The van der Waals surface area contributed by atoms with E-state index in [0.29, 0.717) is 12.3 Å². The molecule has 6 heteroatoms. The summed E-state index contributed by atoms with van der Waals surface area (Å²) in [5, 5.41) is 3.01. The average Bonchev–Trinajstić information content (AvgIpc) is 2.96. The minimum Gasteiger partial charge on any atom is -0.352 e. The molecule has 1 aliphatic heterocycles. The summed E-state index contributed by atoms with van der Waals surface area (Å²) in [6, 6.07) is 6.24. The van der Waals surface area contributed by atoms with E-state index in [1.807, 2.05) is 12.1 Å². The zero-order valence-electron chi connectivity index (χ0n) is 10.9. The minimum atomic E-state index is 0.138. The number of imidazole rings is 1. The lowest BCUT2D eigenvalue weighted by Crippen LogP contribution is -2.30. The molecule has 2 aromatic rings. The van der Waals surface area contributed by atoms with Gasteiger partial charge < -0.3 is 9.88 Å². The van der Waals surface area contributed by atoms with Crippen LogP contribution in [0.2, 0.25) is 0 Å². The van der Waals surface area contributed by atoms with E-state index in [1.165, 1.54) is 0 Å². The first kappa shape index (κ1) is 13.9. The van der Waals surface area contributed by atoms with Gasteiger partial charge in [-0.15, -0.1) is 11.6 Å². The van der Waals surface area contributed by atoms with Crippen LogP contribution in [0, 0.1) is 0 Å². The summed E-state index contributed by atoms with van der Waals surface area (Å²) in [5.41, 5.74) is 2.05. The Hall–Kier alpha value is -1.07. The van der Waals surface area contributed by atoms with E-state index in [1.54, 1.807) is 0 Å². The first-order valence-corrected chi connectivity index (χ1v) is 8.00. The zero-order valence-corrected chi connectivity index (χ0v) is 13.2. The van der Waals surface area contributed by atoms with Crippen LogP contribution in [0.25, 0.3) is 11.0 Å². The lowest BCUT2D eigenvalue weighted by atomic mass is 10.2. The molecule has 1 unspecified atom stereocenters. The molecule has 3 rings (SSSR count). The van der Waals surface area contributed by atoms with Crippen molar-refractivity contribution in [1.82, 2.24) is 14.9 Å². The Morgan fingerprint density at radius 2 is 2.35 bits per heavy atom. The molecular weight excluding hydrogens is 342 g/mol. The maximum Gasteiger partial charge on any atom is 0.220 e. The molecule has 0 spiro atoms. The molecule has 1 aliphatic rings. The van der Waals surface area contributed by atoms with Crippen LogP contribution in [0.5, 0.6) is 0 Å². The smallest absolute Gasteiger partial charge is 0.220 e. The van der Waals surface area contributed by atoms with Gasteiger partial charge in [0.15, 0.2) is 0 Å². The summed E-state index contributed by atoms with van der Waals surface area (Å²) in [4.78, 5) is 16.0. The summed E-state index contributed by atoms with van der Waals surface area (Å²) in [6.07, 6.45) is 2.23. The van der Waals surface area contributed by atoms with Gasteiger partial charge >= 0.3 is 0 Å². The number of carbonyl (C=O) groups is 1. The first-order chi connectivity index (χ1) is 9.67. The maximum absolute atomic E-state index is 11.3. The van der Waals surface area contributed by atoms with Crippen LogP contribution in [0.3, 0.4) is 0 Å². The van der Waals surface area contributed by atoms with E-state index in [2.05, 4.69) is 36.9 Å². The number of amides is 1. The number of halogens is 2. The van der Waals surface area contributed by atoms with Gasteiger partial charge in [0.2, 0.25) is 5.91 Å². The van der Waals surface area contributed by atoms with Crippen molar-refractivity contribution >= 4 is 44.5 Å². The molecule has 106 valence electrons. The zero-order chi connectivity index (χ0) is 14.1. The number of aromatic nitrogens is 2. The summed E-state index contributed by atoms with van der Waals surface area (Å²) in [6.45, 7) is 0.755. The van der Waals surface area contributed by atoms with Crippen molar-refractivity contribution in [3.05, 3.63) is 28.5 Å². The van der Waals surface area contributed by atoms with Gasteiger partial charge in [0.05, 0.1) is 11.0 Å². The number of hydrogen-bond acceptors (Lipinski definition) is 2. The Morgan fingerprint density at radius 3 is 3.05 bits per heavy atom. The third-order valence-corrected chi connectivity index (χ3v) is 4.28. The molecule has 0 aliphatic carbocycles. The molecule has 1 atom stereocenters. The Balaban J connectivity index is 1.99. The van der Waals surface area contributed by atoms with Crippen molar-refractivity contribution in [2.75, 3.05) is 5.88 Å². The molecule has 0 bridgehead atoms. The Morgan fingerprint density at radius 1 is 1.50 bits per heavy atom. The molecule has 2 heterocycles. The van der Waals surface area contributed by atoms with Crippen molar-refractivity contribution in [3.63, 3.8) is 0 Å². The second-order valence-corrected chi connectivity index (χ2v) is 6.31.